The van der Waals surface area contributed by atoms with Gasteiger partial charge in [0, 0.05) is 23.5 Å². The summed E-state index contributed by atoms with van der Waals surface area (Å²) >= 11 is 5.74. The van der Waals surface area contributed by atoms with Gasteiger partial charge in [0.2, 0.25) is 0 Å². The van der Waals surface area contributed by atoms with Crippen molar-refractivity contribution >= 4 is 17.3 Å². The van der Waals surface area contributed by atoms with Gasteiger partial charge in [-0.2, -0.15) is 5.10 Å². The minimum absolute atomic E-state index is 0.0579. The van der Waals surface area contributed by atoms with Crippen molar-refractivity contribution in [1.29, 1.82) is 0 Å². The smallest absolute Gasteiger partial charge is 0.141 e. The molecule has 0 spiro atoms. The van der Waals surface area contributed by atoms with E-state index in [2.05, 4.69) is 10.4 Å². The first-order valence-electron chi connectivity index (χ1n) is 6.35. The van der Waals surface area contributed by atoms with Gasteiger partial charge in [0.05, 0.1) is 23.9 Å². The predicted octanol–water partition coefficient (Wildman–Crippen LogP) is 2.90. The molecule has 20 heavy (non-hydrogen) atoms. The molecular formula is C14H17ClFN3O. The SMILES string of the molecule is Cc1nn(CCO)c(C)c1CNc1ccc(F)c(Cl)c1. The Morgan fingerprint density at radius 1 is 1.40 bits per heavy atom. The van der Waals surface area contributed by atoms with Gasteiger partial charge in [0.1, 0.15) is 5.82 Å². The Morgan fingerprint density at radius 2 is 2.15 bits per heavy atom. The van der Waals surface area contributed by atoms with Crippen LogP contribution in [0.1, 0.15) is 17.0 Å². The molecule has 1 aromatic heterocycles. The van der Waals surface area contributed by atoms with Gasteiger partial charge in [-0.15, -0.1) is 0 Å². The van der Waals surface area contributed by atoms with Crippen molar-refractivity contribution in [3.63, 3.8) is 0 Å². The summed E-state index contributed by atoms with van der Waals surface area (Å²) in [5, 5.41) is 16.7. The summed E-state index contributed by atoms with van der Waals surface area (Å²) in [6, 6.07) is 4.53. The van der Waals surface area contributed by atoms with Gasteiger partial charge in [-0.25, -0.2) is 4.39 Å². The second-order valence-electron chi connectivity index (χ2n) is 4.58. The van der Waals surface area contributed by atoms with Crippen LogP contribution in [-0.4, -0.2) is 21.5 Å². The molecule has 4 nitrogen and oxygen atoms in total. The van der Waals surface area contributed by atoms with Crippen LogP contribution >= 0.6 is 11.6 Å². The third-order valence-electron chi connectivity index (χ3n) is 3.23. The maximum Gasteiger partial charge on any atom is 0.141 e. The first-order valence-corrected chi connectivity index (χ1v) is 6.73. The van der Waals surface area contributed by atoms with E-state index in [1.807, 2.05) is 13.8 Å². The molecule has 0 saturated heterocycles. The predicted molar refractivity (Wildman–Crippen MR) is 77.5 cm³/mol. The second-order valence-corrected chi connectivity index (χ2v) is 4.99. The molecule has 0 amide bonds. The van der Waals surface area contributed by atoms with Crippen LogP contribution in [0.25, 0.3) is 0 Å². The van der Waals surface area contributed by atoms with Crippen molar-refractivity contribution in [1.82, 2.24) is 9.78 Å². The van der Waals surface area contributed by atoms with Crippen LogP contribution in [-0.2, 0) is 13.1 Å². The number of hydrogen-bond acceptors (Lipinski definition) is 3. The van der Waals surface area contributed by atoms with Gasteiger partial charge in [-0.3, -0.25) is 4.68 Å². The molecule has 6 heteroatoms. The molecule has 2 aromatic rings. The minimum Gasteiger partial charge on any atom is -0.394 e. The van der Waals surface area contributed by atoms with E-state index in [1.165, 1.54) is 6.07 Å². The summed E-state index contributed by atoms with van der Waals surface area (Å²) in [5.74, 6) is -0.430. The molecule has 0 aliphatic heterocycles. The number of aliphatic hydroxyl groups is 1. The van der Waals surface area contributed by atoms with Crippen molar-refractivity contribution in [2.45, 2.75) is 26.9 Å². The lowest BCUT2D eigenvalue weighted by molar-refractivity contribution is 0.268. The zero-order valence-corrected chi connectivity index (χ0v) is 12.2. The Kier molecular flexibility index (Phi) is 4.62. The highest BCUT2D eigenvalue weighted by molar-refractivity contribution is 6.31. The van der Waals surface area contributed by atoms with Crippen LogP contribution in [0.15, 0.2) is 18.2 Å². The lowest BCUT2D eigenvalue weighted by Crippen LogP contribution is -2.07. The first kappa shape index (κ1) is 14.8. The van der Waals surface area contributed by atoms with Crippen molar-refractivity contribution in [3.05, 3.63) is 46.0 Å². The average Bonchev–Trinajstić information content (AvgIpc) is 2.67. The largest absolute Gasteiger partial charge is 0.394 e. The van der Waals surface area contributed by atoms with E-state index in [0.717, 1.165) is 22.6 Å². The Bertz CT molecular complexity index is 613. The number of aryl methyl sites for hydroxylation is 1. The lowest BCUT2D eigenvalue weighted by atomic mass is 10.2. The van der Waals surface area contributed by atoms with E-state index in [0.29, 0.717) is 13.1 Å². The first-order chi connectivity index (χ1) is 9.52. The van der Waals surface area contributed by atoms with Gasteiger partial charge in [0.15, 0.2) is 0 Å². The molecule has 0 saturated carbocycles. The van der Waals surface area contributed by atoms with E-state index in [1.54, 1.807) is 16.8 Å². The average molecular weight is 298 g/mol. The Balaban J connectivity index is 2.12. The summed E-state index contributed by atoms with van der Waals surface area (Å²) < 4.78 is 14.9. The molecule has 0 bridgehead atoms. The molecule has 0 aliphatic rings. The summed E-state index contributed by atoms with van der Waals surface area (Å²) in [6.45, 7) is 5.00. The maximum atomic E-state index is 13.1. The Labute approximate surface area is 122 Å². The van der Waals surface area contributed by atoms with Gasteiger partial charge >= 0.3 is 0 Å². The zero-order valence-electron chi connectivity index (χ0n) is 11.5. The van der Waals surface area contributed by atoms with Gasteiger partial charge in [0.25, 0.3) is 0 Å². The number of nitrogens with zero attached hydrogens (tertiary/aromatic N) is 2. The minimum atomic E-state index is -0.430. The number of halogens is 2. The monoisotopic (exact) mass is 297 g/mol. The molecule has 108 valence electrons. The van der Waals surface area contributed by atoms with E-state index in [4.69, 9.17) is 16.7 Å². The Hall–Kier alpha value is -1.59. The van der Waals surface area contributed by atoms with Crippen LogP contribution in [0.3, 0.4) is 0 Å². The molecule has 0 aliphatic carbocycles. The molecule has 2 rings (SSSR count). The third kappa shape index (κ3) is 3.11. The quantitative estimate of drug-likeness (QED) is 0.892. The van der Waals surface area contributed by atoms with E-state index >= 15 is 0 Å². The van der Waals surface area contributed by atoms with Crippen LogP contribution in [0, 0.1) is 19.7 Å². The lowest BCUT2D eigenvalue weighted by Gasteiger charge is -2.08. The van der Waals surface area contributed by atoms with Gasteiger partial charge in [-0.1, -0.05) is 11.6 Å². The van der Waals surface area contributed by atoms with Gasteiger partial charge in [-0.05, 0) is 32.0 Å². The van der Waals surface area contributed by atoms with Crippen LogP contribution in [0.2, 0.25) is 5.02 Å². The molecular weight excluding hydrogens is 281 g/mol. The number of hydrogen-bond donors (Lipinski definition) is 2. The molecule has 1 heterocycles. The van der Waals surface area contributed by atoms with Crippen molar-refractivity contribution in [3.8, 4) is 0 Å². The fourth-order valence-electron chi connectivity index (χ4n) is 2.10. The highest BCUT2D eigenvalue weighted by Gasteiger charge is 2.11. The maximum absolute atomic E-state index is 13.1. The highest BCUT2D eigenvalue weighted by Crippen LogP contribution is 2.21. The topological polar surface area (TPSA) is 50.1 Å². The number of anilines is 1. The number of rotatable bonds is 5. The number of nitrogens with one attached hydrogen (secondary N) is 1. The molecule has 0 unspecified atom stereocenters. The second kappa shape index (κ2) is 6.24. The molecule has 0 radical (unpaired) electrons. The van der Waals surface area contributed by atoms with Crippen LogP contribution in [0.5, 0.6) is 0 Å². The Morgan fingerprint density at radius 3 is 2.80 bits per heavy atom. The van der Waals surface area contributed by atoms with Gasteiger partial charge < -0.3 is 10.4 Å². The number of benzene rings is 1. The van der Waals surface area contributed by atoms with Crippen molar-refractivity contribution in [2.75, 3.05) is 11.9 Å². The molecule has 2 N–H and O–H groups in total. The van der Waals surface area contributed by atoms with Crippen LogP contribution < -0.4 is 5.32 Å². The highest BCUT2D eigenvalue weighted by atomic mass is 35.5. The number of aromatic nitrogens is 2. The zero-order chi connectivity index (χ0) is 14.7. The molecule has 0 fully saturated rings. The van der Waals surface area contributed by atoms with E-state index < -0.39 is 5.82 Å². The summed E-state index contributed by atoms with van der Waals surface area (Å²) in [5.41, 5.74) is 3.75. The van der Waals surface area contributed by atoms with Crippen LogP contribution in [0.4, 0.5) is 10.1 Å². The summed E-state index contributed by atoms with van der Waals surface area (Å²) in [7, 11) is 0. The number of aliphatic hydroxyl groups excluding tert-OH is 1. The fourth-order valence-corrected chi connectivity index (χ4v) is 2.28. The summed E-state index contributed by atoms with van der Waals surface area (Å²) in [6.07, 6.45) is 0. The third-order valence-corrected chi connectivity index (χ3v) is 3.52. The van der Waals surface area contributed by atoms with Crippen molar-refractivity contribution in [2.24, 2.45) is 0 Å². The fraction of sp³-hybridized carbons (Fsp3) is 0.357. The van der Waals surface area contributed by atoms with Crippen molar-refractivity contribution < 1.29 is 9.50 Å². The van der Waals surface area contributed by atoms with E-state index in [-0.39, 0.29) is 11.6 Å². The van der Waals surface area contributed by atoms with E-state index in [9.17, 15) is 4.39 Å². The summed E-state index contributed by atoms with van der Waals surface area (Å²) in [4.78, 5) is 0. The standard InChI is InChI=1S/C14H17ClFN3O/c1-9-12(10(2)19(18-9)5-6-20)8-17-11-3-4-14(16)13(15)7-11/h3-4,7,17,20H,5-6,8H2,1-2H3. The molecule has 1 aromatic carbocycles. The molecule has 0 atom stereocenters. The normalized spacial score (nSPS) is 10.8.